The molecule has 150 valence electrons. The number of hydrogen-bond donors (Lipinski definition) is 1. The zero-order chi connectivity index (χ0) is 20.1. The number of aromatic nitrogens is 2. The molecular formula is C17H17F3N4O4. The van der Waals surface area contributed by atoms with Crippen molar-refractivity contribution in [2.45, 2.75) is 6.18 Å². The Balaban J connectivity index is 1.78. The van der Waals surface area contributed by atoms with Crippen molar-refractivity contribution in [1.82, 2.24) is 15.3 Å². The highest BCUT2D eigenvalue weighted by molar-refractivity contribution is 5.78. The maximum absolute atomic E-state index is 12.5. The van der Waals surface area contributed by atoms with Gasteiger partial charge in [-0.25, -0.2) is 4.79 Å². The van der Waals surface area contributed by atoms with E-state index in [9.17, 15) is 18.0 Å². The minimum Gasteiger partial charge on any atom is -0.467 e. The molecule has 2 heterocycles. The highest BCUT2D eigenvalue weighted by atomic mass is 19.4. The van der Waals surface area contributed by atoms with Gasteiger partial charge in [0.15, 0.2) is 0 Å². The van der Waals surface area contributed by atoms with Gasteiger partial charge in [0.05, 0.1) is 13.3 Å². The van der Waals surface area contributed by atoms with Gasteiger partial charge in [-0.3, -0.25) is 0 Å². The minimum atomic E-state index is -5.18. The van der Waals surface area contributed by atoms with Crippen LogP contribution in [0, 0.1) is 0 Å². The monoisotopic (exact) mass is 398 g/mol. The van der Waals surface area contributed by atoms with E-state index in [1.807, 2.05) is 12.1 Å². The number of benzene rings is 1. The number of carbonyl (C=O) groups excluding carboxylic acids is 1. The summed E-state index contributed by atoms with van der Waals surface area (Å²) < 4.78 is 52.1. The van der Waals surface area contributed by atoms with Crippen LogP contribution in [0.25, 0.3) is 0 Å². The maximum Gasteiger partial charge on any atom is 0.491 e. The van der Waals surface area contributed by atoms with Crippen LogP contribution in [0.3, 0.4) is 0 Å². The number of hydrogen-bond acceptors (Lipinski definition) is 8. The van der Waals surface area contributed by atoms with E-state index in [2.05, 4.69) is 24.9 Å². The van der Waals surface area contributed by atoms with Crippen LogP contribution in [0.5, 0.6) is 23.4 Å². The van der Waals surface area contributed by atoms with E-state index in [1.54, 1.807) is 12.1 Å². The summed E-state index contributed by atoms with van der Waals surface area (Å²) in [6.45, 7) is 3.50. The number of ether oxygens (including phenoxy) is 3. The van der Waals surface area contributed by atoms with Crippen LogP contribution in [0.2, 0.25) is 0 Å². The molecule has 0 amide bonds. The highest BCUT2D eigenvalue weighted by Crippen LogP contribution is 2.32. The van der Waals surface area contributed by atoms with Crippen LogP contribution in [-0.2, 0) is 4.79 Å². The predicted octanol–water partition coefficient (Wildman–Crippen LogP) is 2.15. The first kappa shape index (κ1) is 19.7. The minimum absolute atomic E-state index is 0.256. The van der Waals surface area contributed by atoms with Crippen molar-refractivity contribution in [3.05, 3.63) is 30.5 Å². The molecular weight excluding hydrogens is 381 g/mol. The number of alkyl halides is 3. The second-order valence-corrected chi connectivity index (χ2v) is 5.75. The van der Waals surface area contributed by atoms with E-state index in [0.29, 0.717) is 5.75 Å². The number of rotatable bonds is 5. The topological polar surface area (TPSA) is 85.8 Å². The van der Waals surface area contributed by atoms with E-state index in [1.165, 1.54) is 7.11 Å². The van der Waals surface area contributed by atoms with Gasteiger partial charge in [0.2, 0.25) is 5.75 Å². The molecule has 8 nitrogen and oxygen atoms in total. The Bertz CT molecular complexity index is 824. The molecule has 0 radical (unpaired) electrons. The average Bonchev–Trinajstić information content (AvgIpc) is 2.69. The summed E-state index contributed by atoms with van der Waals surface area (Å²) in [6.07, 6.45) is -4.12. The number of nitrogens with zero attached hydrogens (tertiary/aromatic N) is 3. The standard InChI is InChI=1S/C17H17F3N4O4/c1-26-16-22-10-13(14(23-16)28-15(25)17(18,19)20)27-12-4-2-11(3-5-12)24-8-6-21-7-9-24/h2-5,10,21H,6-9H2,1H3. The molecule has 11 heteroatoms. The fraction of sp³-hybridized carbons (Fsp3) is 0.353. The second-order valence-electron chi connectivity index (χ2n) is 5.75. The van der Waals surface area contributed by atoms with Crippen molar-refractivity contribution in [2.75, 3.05) is 38.2 Å². The number of nitrogens with one attached hydrogen (secondary N) is 1. The lowest BCUT2D eigenvalue weighted by molar-refractivity contribution is -0.190. The lowest BCUT2D eigenvalue weighted by Crippen LogP contribution is -2.43. The summed E-state index contributed by atoms with van der Waals surface area (Å²) in [6, 6.07) is 6.68. The molecule has 2 aromatic rings. The maximum atomic E-state index is 12.5. The molecule has 1 aliphatic rings. The van der Waals surface area contributed by atoms with E-state index in [-0.39, 0.29) is 11.8 Å². The Morgan fingerprint density at radius 1 is 1.18 bits per heavy atom. The van der Waals surface area contributed by atoms with E-state index in [4.69, 9.17) is 9.47 Å². The van der Waals surface area contributed by atoms with Crippen molar-refractivity contribution in [3.8, 4) is 23.4 Å². The Hall–Kier alpha value is -3.08. The number of halogens is 3. The molecule has 1 aromatic heterocycles. The summed E-state index contributed by atoms with van der Waals surface area (Å²) in [5.74, 6) is -3.06. The van der Waals surface area contributed by atoms with Crippen LogP contribution in [0.1, 0.15) is 0 Å². The van der Waals surface area contributed by atoms with Crippen LogP contribution < -0.4 is 24.4 Å². The molecule has 3 rings (SSSR count). The molecule has 28 heavy (non-hydrogen) atoms. The fourth-order valence-electron chi connectivity index (χ4n) is 2.50. The van der Waals surface area contributed by atoms with Gasteiger partial charge in [-0.15, -0.1) is 0 Å². The number of piperazine rings is 1. The zero-order valence-electron chi connectivity index (χ0n) is 14.8. The number of anilines is 1. The number of esters is 1. The zero-order valence-corrected chi connectivity index (χ0v) is 14.8. The molecule has 1 saturated heterocycles. The van der Waals surface area contributed by atoms with Crippen molar-refractivity contribution >= 4 is 11.7 Å². The third-order valence-electron chi connectivity index (χ3n) is 3.85. The third kappa shape index (κ3) is 4.80. The van der Waals surface area contributed by atoms with Crippen molar-refractivity contribution in [2.24, 2.45) is 0 Å². The SMILES string of the molecule is COc1ncc(Oc2ccc(N3CCNCC3)cc2)c(OC(=O)C(F)(F)F)n1. The van der Waals surface area contributed by atoms with E-state index < -0.39 is 18.0 Å². The average molecular weight is 398 g/mol. The van der Waals surface area contributed by atoms with Crippen LogP contribution in [0.15, 0.2) is 30.5 Å². The lowest BCUT2D eigenvalue weighted by atomic mass is 10.2. The van der Waals surface area contributed by atoms with Gasteiger partial charge in [0.1, 0.15) is 5.75 Å². The van der Waals surface area contributed by atoms with Gasteiger partial charge in [0.25, 0.3) is 5.88 Å². The largest absolute Gasteiger partial charge is 0.491 e. The molecule has 1 N–H and O–H groups in total. The summed E-state index contributed by atoms with van der Waals surface area (Å²) in [4.78, 5) is 20.7. The Kier molecular flexibility index (Phi) is 5.83. The van der Waals surface area contributed by atoms with E-state index in [0.717, 1.165) is 38.1 Å². The van der Waals surface area contributed by atoms with Gasteiger partial charge in [0, 0.05) is 31.9 Å². The van der Waals surface area contributed by atoms with Gasteiger partial charge in [-0.1, -0.05) is 0 Å². The van der Waals surface area contributed by atoms with Gasteiger partial charge in [-0.05, 0) is 24.3 Å². The summed E-state index contributed by atoms with van der Waals surface area (Å²) in [7, 11) is 1.22. The number of methoxy groups -OCH3 is 1. The summed E-state index contributed by atoms with van der Waals surface area (Å²) in [5.41, 5.74) is 0.989. The van der Waals surface area contributed by atoms with E-state index >= 15 is 0 Å². The first-order chi connectivity index (χ1) is 13.4. The molecule has 0 aliphatic carbocycles. The number of carbonyl (C=O) groups is 1. The normalized spacial score (nSPS) is 14.5. The Morgan fingerprint density at radius 2 is 1.86 bits per heavy atom. The second kappa shape index (κ2) is 8.30. The van der Waals surface area contributed by atoms with Crippen LogP contribution in [-0.4, -0.2) is 55.4 Å². The smallest absolute Gasteiger partial charge is 0.467 e. The summed E-state index contributed by atoms with van der Waals surface area (Å²) >= 11 is 0. The molecule has 1 aliphatic heterocycles. The van der Waals surface area contributed by atoms with Gasteiger partial charge >= 0.3 is 18.2 Å². The predicted molar refractivity (Wildman–Crippen MR) is 91.9 cm³/mol. The quantitative estimate of drug-likeness (QED) is 0.767. The first-order valence-electron chi connectivity index (χ1n) is 8.30. The van der Waals surface area contributed by atoms with Crippen LogP contribution >= 0.6 is 0 Å². The van der Waals surface area contributed by atoms with Crippen molar-refractivity contribution in [1.29, 1.82) is 0 Å². The van der Waals surface area contributed by atoms with Gasteiger partial charge < -0.3 is 24.4 Å². The molecule has 1 aromatic carbocycles. The molecule has 0 saturated carbocycles. The molecule has 0 atom stereocenters. The lowest BCUT2D eigenvalue weighted by Gasteiger charge is -2.29. The van der Waals surface area contributed by atoms with Gasteiger partial charge in [-0.2, -0.15) is 23.1 Å². The van der Waals surface area contributed by atoms with Crippen LogP contribution in [0.4, 0.5) is 18.9 Å². The molecule has 0 bridgehead atoms. The Labute approximate surface area is 158 Å². The molecule has 0 spiro atoms. The molecule has 0 unspecified atom stereocenters. The third-order valence-corrected chi connectivity index (χ3v) is 3.85. The summed E-state index contributed by atoms with van der Waals surface area (Å²) in [5, 5.41) is 3.26. The van der Waals surface area contributed by atoms with Crippen molar-refractivity contribution in [3.63, 3.8) is 0 Å². The first-order valence-corrected chi connectivity index (χ1v) is 8.30. The molecule has 1 fully saturated rings. The Morgan fingerprint density at radius 3 is 2.46 bits per heavy atom. The van der Waals surface area contributed by atoms with Crippen molar-refractivity contribution < 1.29 is 32.2 Å². The fourth-order valence-corrected chi connectivity index (χ4v) is 2.50. The highest BCUT2D eigenvalue weighted by Gasteiger charge is 2.42.